The van der Waals surface area contributed by atoms with Crippen LogP contribution in [0.3, 0.4) is 0 Å². The number of pyridine rings is 1. The number of benzene rings is 1. The Kier molecular flexibility index (Phi) is 19.8. The van der Waals surface area contributed by atoms with E-state index >= 15 is 0 Å². The molecule has 1 saturated heterocycles. The number of fused-ring (bicyclic) bond motifs is 2. The van der Waals surface area contributed by atoms with E-state index in [1.165, 1.54) is 4.57 Å². The van der Waals surface area contributed by atoms with Gasteiger partial charge in [0.2, 0.25) is 11.9 Å². The molecule has 0 bridgehead atoms. The zero-order valence-corrected chi connectivity index (χ0v) is 42.9. The first kappa shape index (κ1) is 57.5. The number of amides is 1. The molecule has 5 heterocycles. The summed E-state index contributed by atoms with van der Waals surface area (Å²) in [6.07, 6.45) is 4.01. The highest BCUT2D eigenvalue weighted by Gasteiger charge is 2.47. The molecule has 28 nitrogen and oxygen atoms in total. The number of aryl methyl sites for hydroxylation is 1. The zero-order valence-electron chi connectivity index (χ0n) is 39.4. The van der Waals surface area contributed by atoms with Gasteiger partial charge in [0.05, 0.1) is 17.9 Å². The quantitative estimate of drug-likeness (QED) is 0.0108. The molecule has 1 fully saturated rings. The molecular weight excluding hydrogens is 1050 g/mol. The lowest BCUT2D eigenvalue weighted by molar-refractivity contribution is -0.696. The van der Waals surface area contributed by atoms with E-state index in [9.17, 15) is 51.7 Å². The normalized spacial score (nSPS) is 19.0. The number of imidazole rings is 1. The van der Waals surface area contributed by atoms with Crippen LogP contribution in [-0.2, 0) is 53.0 Å². The molecule has 6 rings (SSSR count). The van der Waals surface area contributed by atoms with Crippen LogP contribution in [0, 0.1) is 0 Å². The summed E-state index contributed by atoms with van der Waals surface area (Å²) >= 11 is 0. The summed E-state index contributed by atoms with van der Waals surface area (Å²) in [6, 6.07) is 11.0. The van der Waals surface area contributed by atoms with Crippen molar-refractivity contribution in [3.63, 3.8) is 0 Å². The first-order valence-electron chi connectivity index (χ1n) is 23.0. The van der Waals surface area contributed by atoms with E-state index in [0.29, 0.717) is 55.6 Å². The average molecular weight is 1110 g/mol. The average Bonchev–Trinajstić information content (AvgIpc) is 3.81. The molecule has 0 radical (unpaired) electrons. The number of phosphoric ester groups is 1. The third kappa shape index (κ3) is 16.9. The number of nitrogens with one attached hydrogen (secondary N) is 2. The van der Waals surface area contributed by atoms with Crippen molar-refractivity contribution >= 4 is 79.1 Å². The highest BCUT2D eigenvalue weighted by molar-refractivity contribution is 7.85. The molecule has 1 amide bonds. The third-order valence-electron chi connectivity index (χ3n) is 11.4. The van der Waals surface area contributed by atoms with Gasteiger partial charge in [-0.15, -0.1) is 0 Å². The fraction of sp³-hybridized carbons (Fsp3) is 0.512. The van der Waals surface area contributed by atoms with Gasteiger partial charge in [0.1, 0.15) is 36.8 Å². The molecule has 0 saturated carbocycles. The van der Waals surface area contributed by atoms with Crippen LogP contribution in [0.1, 0.15) is 70.9 Å². The molecule has 11 N–H and O–H groups in total. The van der Waals surface area contributed by atoms with Crippen LogP contribution >= 0.6 is 23.5 Å². The van der Waals surface area contributed by atoms with Crippen molar-refractivity contribution in [2.24, 2.45) is 0 Å². The van der Waals surface area contributed by atoms with Crippen molar-refractivity contribution in [2.75, 3.05) is 54.5 Å². The van der Waals surface area contributed by atoms with E-state index < -0.39 is 70.4 Å². The van der Waals surface area contributed by atoms with E-state index in [4.69, 9.17) is 29.2 Å². The topological polar surface area (TPSA) is 412 Å². The molecule has 32 heteroatoms. The number of carbonyl (C=O) groups is 1. The van der Waals surface area contributed by atoms with Crippen LogP contribution in [-0.4, -0.2) is 125 Å². The van der Waals surface area contributed by atoms with Crippen molar-refractivity contribution in [3.8, 4) is 11.1 Å². The van der Waals surface area contributed by atoms with Crippen molar-refractivity contribution in [1.29, 1.82) is 0 Å². The Morgan fingerprint density at radius 1 is 0.918 bits per heavy atom. The number of phosphoric acid groups is 3. The number of rotatable bonds is 29. The number of nitrogens with zero attached hydrogens (tertiary/aromatic N) is 6. The van der Waals surface area contributed by atoms with Crippen molar-refractivity contribution in [2.45, 2.75) is 95.8 Å². The number of aromatic nitrogens is 5. The molecular formula is C41H59N9O19P3S+. The lowest BCUT2D eigenvalue weighted by Gasteiger charge is -2.23. The number of aliphatic hydroxyl groups is 2. The second-order valence-corrected chi connectivity index (χ2v) is 22.9. The second-order valence-electron chi connectivity index (χ2n) is 16.9. The minimum atomic E-state index is -5.81. The first-order chi connectivity index (χ1) is 34.4. The minimum Gasteiger partial charge on any atom is -0.422 e. The Labute approximate surface area is 417 Å². The number of aliphatic hydroxyl groups excluding tert-OH is 2. The van der Waals surface area contributed by atoms with Crippen LogP contribution in [0.15, 0.2) is 64.3 Å². The Morgan fingerprint density at radius 3 is 2.33 bits per heavy atom. The van der Waals surface area contributed by atoms with Crippen LogP contribution in [0.4, 0.5) is 17.5 Å². The molecule has 0 spiro atoms. The fourth-order valence-corrected chi connectivity index (χ4v) is 11.4. The smallest absolute Gasteiger partial charge is 0.422 e. The first-order valence-corrected chi connectivity index (χ1v) is 29.1. The maximum absolute atomic E-state index is 13.0. The van der Waals surface area contributed by atoms with E-state index in [1.54, 1.807) is 35.2 Å². The Bertz CT molecular complexity index is 3020. The van der Waals surface area contributed by atoms with E-state index in [2.05, 4.69) is 43.6 Å². The van der Waals surface area contributed by atoms with Gasteiger partial charge in [-0.2, -0.15) is 17.0 Å². The molecule has 0 aliphatic carbocycles. The van der Waals surface area contributed by atoms with Gasteiger partial charge in [0.15, 0.2) is 35.6 Å². The number of carbonyl (C=O) groups excluding carboxylic acids is 1. The number of hydrogen-bond donors (Lipinski definition) is 10. The van der Waals surface area contributed by atoms with Crippen molar-refractivity contribution < 1.29 is 88.1 Å². The summed E-state index contributed by atoms with van der Waals surface area (Å²) in [4.78, 5) is 77.1. The Balaban J connectivity index is 0.885. The van der Waals surface area contributed by atoms with Gasteiger partial charge in [-0.1, -0.05) is 19.3 Å². The lowest BCUT2D eigenvalue weighted by Crippen LogP contribution is -2.33. The number of unbranched alkanes of at least 4 members (excludes halogenated alkanes) is 5. The van der Waals surface area contributed by atoms with Crippen molar-refractivity contribution in [1.82, 2.24) is 24.8 Å². The lowest BCUT2D eigenvalue weighted by atomic mass is 10.1. The van der Waals surface area contributed by atoms with Gasteiger partial charge < -0.3 is 60.2 Å². The number of nitrogens with two attached hydrogens (primary N) is 1. The summed E-state index contributed by atoms with van der Waals surface area (Å²) in [6.45, 7) is 3.71. The van der Waals surface area contributed by atoms with Gasteiger partial charge in [-0.25, -0.2) is 38.0 Å². The highest BCUT2D eigenvalue weighted by atomic mass is 32.2. The molecule has 1 aliphatic heterocycles. The minimum absolute atomic E-state index is 0.0138. The zero-order chi connectivity index (χ0) is 53.1. The summed E-state index contributed by atoms with van der Waals surface area (Å²) in [5, 5.41) is 28.5. The predicted molar refractivity (Wildman–Crippen MR) is 261 cm³/mol. The SMILES string of the molecule is CCN(CCCCCC(=O)NCCCCCCNc1nc2c(N)ncnc2n1[C@@H]1O[C@H](COP(=O)(O)OP(=O)(O)OP(=O)(O)O)[C@@H](O)[C@H]1O)c1ccc2cc(-c3cc[n+](CCCS(=O)(=O)O)cc3)c(=O)oc2c1. The summed E-state index contributed by atoms with van der Waals surface area (Å²) in [7, 11) is -21.0. The molecule has 1 aliphatic rings. The van der Waals surface area contributed by atoms with Crippen LogP contribution < -0.4 is 31.5 Å². The molecule has 73 heavy (non-hydrogen) atoms. The monoisotopic (exact) mass is 1110 g/mol. The van der Waals surface area contributed by atoms with Crippen LogP contribution in [0.25, 0.3) is 33.3 Å². The van der Waals surface area contributed by atoms with E-state index in [-0.39, 0.29) is 41.0 Å². The largest absolute Gasteiger partial charge is 0.490 e. The number of hydrogen-bond acceptors (Lipinski definition) is 20. The maximum atomic E-state index is 13.0. The summed E-state index contributed by atoms with van der Waals surface area (Å²) in [5.74, 6) is -0.288. The Morgan fingerprint density at radius 2 is 1.63 bits per heavy atom. The standard InChI is InChI=1S/C41H58N9O19P3S/c1-2-49(29-13-12-28-23-30(40(54)67-31(28)24-29)27-14-20-48(21-15-27)18-10-22-73(62,63)64)19-9-5-6-11-33(51)43-16-7-3-4-8-17-44-41-47-34-37(42)45-26-46-38(34)50(41)39-36(53)35(52)32(66-39)25-65-71(58,59)69-72(60,61)68-70(55,56)57/h12-15,20-21,23-24,26,32,35-36,39,52-53H,2-11,16-19,22,25H2,1H3,(H8-,42,43,44,45,46,47,51,55,56,57,58,59,60,61,62,63,64)/p+1/t32-,35-,36-,39-/m1/s1. The number of nitrogen functional groups attached to an aromatic ring is 1. The Hall–Kier alpha value is -4.80. The summed E-state index contributed by atoms with van der Waals surface area (Å²) < 4.78 is 92.3. The van der Waals surface area contributed by atoms with E-state index in [0.717, 1.165) is 62.6 Å². The second kappa shape index (κ2) is 25.2. The molecule has 6 atom stereocenters. The van der Waals surface area contributed by atoms with Crippen LogP contribution in [0.2, 0.25) is 0 Å². The highest BCUT2D eigenvalue weighted by Crippen LogP contribution is 2.66. The molecule has 2 unspecified atom stereocenters. The fourth-order valence-electron chi connectivity index (χ4n) is 7.91. The number of ether oxygens (including phenoxy) is 1. The molecule has 4 aromatic heterocycles. The van der Waals surface area contributed by atoms with Gasteiger partial charge in [-0.3, -0.25) is 18.4 Å². The van der Waals surface area contributed by atoms with Crippen molar-refractivity contribution in [3.05, 3.63) is 65.5 Å². The maximum Gasteiger partial charge on any atom is 0.490 e. The molecule has 1 aromatic carbocycles. The van der Waals surface area contributed by atoms with Gasteiger partial charge in [0.25, 0.3) is 10.1 Å². The molecule has 402 valence electrons. The summed E-state index contributed by atoms with van der Waals surface area (Å²) in [5.41, 5.74) is 8.14. The number of anilines is 3. The van der Waals surface area contributed by atoms with Crippen LogP contribution in [0.5, 0.6) is 0 Å². The third-order valence-corrected chi connectivity index (χ3v) is 16.0. The van der Waals surface area contributed by atoms with Gasteiger partial charge in [-0.05, 0) is 50.8 Å². The van der Waals surface area contributed by atoms with E-state index in [1.807, 2.05) is 25.1 Å². The van der Waals surface area contributed by atoms with Gasteiger partial charge in [0, 0.05) is 73.9 Å². The predicted octanol–water partition coefficient (Wildman–Crippen LogP) is 2.89. The molecule has 5 aromatic rings. The van der Waals surface area contributed by atoms with Gasteiger partial charge >= 0.3 is 29.1 Å².